The van der Waals surface area contributed by atoms with Gasteiger partial charge in [-0.05, 0) is 17.7 Å². The smallest absolute Gasteiger partial charge is 0.124 e. The van der Waals surface area contributed by atoms with Gasteiger partial charge in [0.2, 0.25) is 0 Å². The Balaban J connectivity index is 0.000000336. The summed E-state index contributed by atoms with van der Waals surface area (Å²) in [5.41, 5.74) is 0.924. The second-order valence-corrected chi connectivity index (χ2v) is 3.42. The first-order valence-corrected chi connectivity index (χ1v) is 4.77. The molecule has 0 aliphatic carbocycles. The molecule has 1 N–H and O–H groups in total. The van der Waals surface area contributed by atoms with E-state index in [1.54, 1.807) is 24.3 Å². The Hall–Kier alpha value is -1.64. The number of phenolic OH excluding ortho intramolecular Hbond substituents is 1. The van der Waals surface area contributed by atoms with E-state index < -0.39 is 0 Å². The fourth-order valence-corrected chi connectivity index (χ4v) is 0.728. The zero-order valence-corrected chi connectivity index (χ0v) is 9.01. The van der Waals surface area contributed by atoms with Crippen molar-refractivity contribution < 1.29 is 14.7 Å². The Morgan fingerprint density at radius 1 is 1.20 bits per heavy atom. The number of carbonyl (C=O) groups is 2. The summed E-state index contributed by atoms with van der Waals surface area (Å²) in [7, 11) is 0. The van der Waals surface area contributed by atoms with Crippen LogP contribution < -0.4 is 0 Å². The maximum absolute atomic E-state index is 10.00. The van der Waals surface area contributed by atoms with Crippen LogP contribution >= 0.6 is 0 Å². The highest BCUT2D eigenvalue weighted by atomic mass is 16.3. The molecule has 0 amide bonds. The highest BCUT2D eigenvalue weighted by Crippen LogP contribution is 2.08. The standard InChI is InChI=1S/C8H8O2.C4H8O/c9-6-5-7-1-3-8(10)4-2-7;1-4(2)3-5/h1-4,6,10H,5H2;3-4H,1-2H3. The normalized spacial score (nSPS) is 9.00. The van der Waals surface area contributed by atoms with Crippen molar-refractivity contribution in [3.63, 3.8) is 0 Å². The van der Waals surface area contributed by atoms with Gasteiger partial charge in [-0.15, -0.1) is 0 Å². The second-order valence-electron chi connectivity index (χ2n) is 3.42. The molecule has 0 unspecified atom stereocenters. The number of hydrogen-bond acceptors (Lipinski definition) is 3. The Labute approximate surface area is 89.7 Å². The lowest BCUT2D eigenvalue weighted by atomic mass is 10.2. The van der Waals surface area contributed by atoms with Crippen LogP contribution in [0, 0.1) is 5.92 Å². The summed E-state index contributed by atoms with van der Waals surface area (Å²) in [6.07, 6.45) is 2.17. The SMILES string of the molecule is CC(C)C=O.O=CCc1ccc(O)cc1. The van der Waals surface area contributed by atoms with Crippen LogP contribution in [0.25, 0.3) is 0 Å². The average molecular weight is 208 g/mol. The number of aldehydes is 2. The molecule has 0 bridgehead atoms. The third kappa shape index (κ3) is 7.43. The molecule has 82 valence electrons. The molecule has 0 fully saturated rings. The summed E-state index contributed by atoms with van der Waals surface area (Å²) in [6, 6.07) is 6.59. The highest BCUT2D eigenvalue weighted by molar-refractivity contribution is 5.55. The Bertz CT molecular complexity index is 288. The lowest BCUT2D eigenvalue weighted by molar-refractivity contribution is -0.110. The first kappa shape index (κ1) is 13.4. The fraction of sp³-hybridized carbons (Fsp3) is 0.333. The predicted molar refractivity (Wildman–Crippen MR) is 58.8 cm³/mol. The molecular formula is C12H16O3. The molecule has 15 heavy (non-hydrogen) atoms. The molecular weight excluding hydrogens is 192 g/mol. The molecule has 0 heterocycles. The van der Waals surface area contributed by atoms with E-state index >= 15 is 0 Å². The van der Waals surface area contributed by atoms with Gasteiger partial charge in [0, 0.05) is 12.3 Å². The molecule has 1 aromatic carbocycles. The topological polar surface area (TPSA) is 54.4 Å². The summed E-state index contributed by atoms with van der Waals surface area (Å²) in [5, 5.41) is 8.84. The lowest BCUT2D eigenvalue weighted by Gasteiger charge is -1.93. The van der Waals surface area contributed by atoms with Gasteiger partial charge in [-0.25, -0.2) is 0 Å². The van der Waals surface area contributed by atoms with Gasteiger partial charge in [0.25, 0.3) is 0 Å². The van der Waals surface area contributed by atoms with Crippen molar-refractivity contribution in [2.45, 2.75) is 20.3 Å². The van der Waals surface area contributed by atoms with Gasteiger partial charge in [0.05, 0.1) is 0 Å². The van der Waals surface area contributed by atoms with E-state index in [0.29, 0.717) is 6.42 Å². The Morgan fingerprint density at radius 3 is 2.00 bits per heavy atom. The number of hydrogen-bond donors (Lipinski definition) is 1. The zero-order chi connectivity index (χ0) is 11.7. The number of aromatic hydroxyl groups is 1. The molecule has 1 rings (SSSR count). The van der Waals surface area contributed by atoms with Gasteiger partial charge < -0.3 is 14.7 Å². The minimum atomic E-state index is 0.204. The van der Waals surface area contributed by atoms with Gasteiger partial charge in [-0.1, -0.05) is 26.0 Å². The maximum Gasteiger partial charge on any atom is 0.124 e. The molecule has 3 nitrogen and oxygen atoms in total. The van der Waals surface area contributed by atoms with Crippen LogP contribution in [0.15, 0.2) is 24.3 Å². The summed E-state index contributed by atoms with van der Waals surface area (Å²) >= 11 is 0. The van der Waals surface area contributed by atoms with Crippen LogP contribution in [0.5, 0.6) is 5.75 Å². The molecule has 0 radical (unpaired) electrons. The minimum absolute atomic E-state index is 0.204. The zero-order valence-electron chi connectivity index (χ0n) is 9.01. The number of rotatable bonds is 3. The summed E-state index contributed by atoms with van der Waals surface area (Å²) < 4.78 is 0. The van der Waals surface area contributed by atoms with Crippen molar-refractivity contribution >= 4 is 12.6 Å². The van der Waals surface area contributed by atoms with Crippen LogP contribution in [0.2, 0.25) is 0 Å². The maximum atomic E-state index is 10.00. The van der Waals surface area contributed by atoms with Crippen molar-refractivity contribution in [1.82, 2.24) is 0 Å². The van der Waals surface area contributed by atoms with Crippen molar-refractivity contribution in [2.24, 2.45) is 5.92 Å². The van der Waals surface area contributed by atoms with Gasteiger partial charge in [0.1, 0.15) is 18.3 Å². The van der Waals surface area contributed by atoms with Crippen LogP contribution in [-0.2, 0) is 16.0 Å². The average Bonchev–Trinajstić information content (AvgIpc) is 2.23. The first-order valence-electron chi connectivity index (χ1n) is 4.77. The van der Waals surface area contributed by atoms with E-state index in [4.69, 9.17) is 5.11 Å². The number of benzene rings is 1. The van der Waals surface area contributed by atoms with Crippen molar-refractivity contribution in [3.8, 4) is 5.75 Å². The van der Waals surface area contributed by atoms with Crippen LogP contribution in [0.4, 0.5) is 0 Å². The van der Waals surface area contributed by atoms with Gasteiger partial charge in [-0.3, -0.25) is 0 Å². The molecule has 0 aliphatic heterocycles. The Kier molecular flexibility index (Phi) is 6.89. The molecule has 0 saturated carbocycles. The molecule has 0 saturated heterocycles. The monoisotopic (exact) mass is 208 g/mol. The molecule has 0 spiro atoms. The lowest BCUT2D eigenvalue weighted by Crippen LogP contribution is -1.82. The van der Waals surface area contributed by atoms with Crippen LogP contribution in [0.3, 0.4) is 0 Å². The van der Waals surface area contributed by atoms with Gasteiger partial charge in [-0.2, -0.15) is 0 Å². The molecule has 0 aromatic heterocycles. The fourth-order valence-electron chi connectivity index (χ4n) is 0.728. The predicted octanol–water partition coefficient (Wildman–Crippen LogP) is 1.97. The van der Waals surface area contributed by atoms with E-state index in [9.17, 15) is 9.59 Å². The molecule has 0 aliphatic rings. The van der Waals surface area contributed by atoms with Gasteiger partial charge in [0.15, 0.2) is 0 Å². The van der Waals surface area contributed by atoms with Gasteiger partial charge >= 0.3 is 0 Å². The minimum Gasteiger partial charge on any atom is -0.508 e. The van der Waals surface area contributed by atoms with E-state index in [1.165, 1.54) is 0 Å². The quantitative estimate of drug-likeness (QED) is 0.773. The Morgan fingerprint density at radius 2 is 1.67 bits per heavy atom. The molecule has 1 aromatic rings. The molecule has 3 heteroatoms. The third-order valence-electron chi connectivity index (χ3n) is 1.53. The summed E-state index contributed by atoms with van der Waals surface area (Å²) in [6.45, 7) is 3.71. The van der Waals surface area contributed by atoms with Crippen LogP contribution in [0.1, 0.15) is 19.4 Å². The highest BCUT2D eigenvalue weighted by Gasteiger charge is 1.89. The van der Waals surface area contributed by atoms with Crippen molar-refractivity contribution in [3.05, 3.63) is 29.8 Å². The number of phenols is 1. The summed E-state index contributed by atoms with van der Waals surface area (Å²) in [5.74, 6) is 0.435. The number of carbonyl (C=O) groups excluding carboxylic acids is 2. The third-order valence-corrected chi connectivity index (χ3v) is 1.53. The molecule has 0 atom stereocenters. The van der Waals surface area contributed by atoms with E-state index in [2.05, 4.69) is 0 Å². The van der Waals surface area contributed by atoms with E-state index in [-0.39, 0.29) is 11.7 Å². The van der Waals surface area contributed by atoms with E-state index in [1.807, 2.05) is 13.8 Å². The second kappa shape index (κ2) is 7.74. The van der Waals surface area contributed by atoms with Crippen molar-refractivity contribution in [1.29, 1.82) is 0 Å². The summed E-state index contributed by atoms with van der Waals surface area (Å²) in [4.78, 5) is 19.5. The van der Waals surface area contributed by atoms with E-state index in [0.717, 1.165) is 18.1 Å². The first-order chi connectivity index (χ1) is 7.10. The van der Waals surface area contributed by atoms with Crippen LogP contribution in [-0.4, -0.2) is 17.7 Å². The largest absolute Gasteiger partial charge is 0.508 e. The van der Waals surface area contributed by atoms with Crippen molar-refractivity contribution in [2.75, 3.05) is 0 Å².